The van der Waals surface area contributed by atoms with E-state index in [0.717, 1.165) is 30.4 Å². The highest BCUT2D eigenvalue weighted by molar-refractivity contribution is 5.86. The molecule has 0 aliphatic heterocycles. The van der Waals surface area contributed by atoms with Crippen LogP contribution < -0.4 is 0 Å². The third kappa shape index (κ3) is 1.26. The van der Waals surface area contributed by atoms with Crippen molar-refractivity contribution in [3.63, 3.8) is 0 Å². The molecule has 0 amide bonds. The summed E-state index contributed by atoms with van der Waals surface area (Å²) in [7, 11) is 0. The van der Waals surface area contributed by atoms with Gasteiger partial charge < -0.3 is 5.21 Å². The Bertz CT molecular complexity index is 160. The van der Waals surface area contributed by atoms with Crippen molar-refractivity contribution < 1.29 is 5.21 Å². The summed E-state index contributed by atoms with van der Waals surface area (Å²) in [5.74, 6) is 1.71. The highest BCUT2D eigenvalue weighted by Crippen LogP contribution is 2.40. The predicted molar refractivity (Wildman–Crippen MR) is 43.9 cm³/mol. The van der Waals surface area contributed by atoms with Crippen LogP contribution in [-0.4, -0.2) is 10.9 Å². The quantitative estimate of drug-likeness (QED) is 0.420. The molecule has 0 aromatic rings. The van der Waals surface area contributed by atoms with Crippen LogP contribution in [0.15, 0.2) is 5.16 Å². The molecule has 11 heavy (non-hydrogen) atoms. The number of fused-ring (bicyclic) bond motifs is 1. The Morgan fingerprint density at radius 1 is 1.09 bits per heavy atom. The molecule has 2 aliphatic rings. The first-order chi connectivity index (χ1) is 5.40. The molecular formula is C9H15NO. The maximum Gasteiger partial charge on any atom is 0.0576 e. The molecule has 2 heteroatoms. The second-order valence-electron chi connectivity index (χ2n) is 3.88. The van der Waals surface area contributed by atoms with Gasteiger partial charge in [-0.1, -0.05) is 18.0 Å². The lowest BCUT2D eigenvalue weighted by Gasteiger charge is -2.23. The van der Waals surface area contributed by atoms with E-state index in [9.17, 15) is 0 Å². The van der Waals surface area contributed by atoms with Gasteiger partial charge >= 0.3 is 0 Å². The molecule has 0 heterocycles. The van der Waals surface area contributed by atoms with Crippen LogP contribution in [0.3, 0.4) is 0 Å². The molecule has 62 valence electrons. The van der Waals surface area contributed by atoms with Crippen LogP contribution in [0.25, 0.3) is 0 Å². The summed E-state index contributed by atoms with van der Waals surface area (Å²) in [5, 5.41) is 11.9. The molecule has 2 rings (SSSR count). The van der Waals surface area contributed by atoms with Crippen LogP contribution in [-0.2, 0) is 0 Å². The number of nitrogens with zero attached hydrogens (tertiary/aromatic N) is 1. The molecule has 0 aromatic carbocycles. The predicted octanol–water partition coefficient (Wildman–Crippen LogP) is 2.42. The first kappa shape index (κ1) is 7.14. The third-order valence-corrected chi connectivity index (χ3v) is 3.20. The van der Waals surface area contributed by atoms with Gasteiger partial charge in [0.2, 0.25) is 0 Å². The lowest BCUT2D eigenvalue weighted by molar-refractivity contribution is 0.277. The number of rotatable bonds is 0. The molecule has 2 saturated carbocycles. The van der Waals surface area contributed by atoms with E-state index >= 15 is 0 Å². The van der Waals surface area contributed by atoms with Gasteiger partial charge in [0.15, 0.2) is 0 Å². The first-order valence-electron chi connectivity index (χ1n) is 4.60. The fourth-order valence-electron chi connectivity index (χ4n) is 2.59. The maximum absolute atomic E-state index is 8.60. The Kier molecular flexibility index (Phi) is 1.84. The molecule has 2 aliphatic carbocycles. The molecule has 2 fully saturated rings. The van der Waals surface area contributed by atoms with Gasteiger partial charge in [-0.2, -0.15) is 0 Å². The van der Waals surface area contributed by atoms with E-state index in [4.69, 9.17) is 5.21 Å². The molecule has 0 bridgehead atoms. The largest absolute Gasteiger partial charge is 0.411 e. The van der Waals surface area contributed by atoms with Gasteiger partial charge in [-0.25, -0.2) is 0 Å². The molecule has 0 saturated heterocycles. The summed E-state index contributed by atoms with van der Waals surface area (Å²) in [6, 6.07) is 0. The van der Waals surface area contributed by atoms with Crippen molar-refractivity contribution in [2.75, 3.05) is 0 Å². The highest BCUT2D eigenvalue weighted by atomic mass is 16.4. The zero-order valence-corrected chi connectivity index (χ0v) is 6.79. The summed E-state index contributed by atoms with van der Waals surface area (Å²) < 4.78 is 0. The van der Waals surface area contributed by atoms with Crippen LogP contribution in [0.5, 0.6) is 0 Å². The van der Waals surface area contributed by atoms with Crippen LogP contribution in [0.1, 0.15) is 38.5 Å². The summed E-state index contributed by atoms with van der Waals surface area (Å²) >= 11 is 0. The van der Waals surface area contributed by atoms with Crippen LogP contribution >= 0.6 is 0 Å². The molecule has 2 unspecified atom stereocenters. The van der Waals surface area contributed by atoms with E-state index < -0.39 is 0 Å². The summed E-state index contributed by atoms with van der Waals surface area (Å²) in [6.45, 7) is 0. The Morgan fingerprint density at radius 2 is 1.64 bits per heavy atom. The van der Waals surface area contributed by atoms with E-state index in [-0.39, 0.29) is 0 Å². The molecule has 0 spiro atoms. The summed E-state index contributed by atoms with van der Waals surface area (Å²) in [4.78, 5) is 0. The molecule has 1 N–H and O–H groups in total. The minimum Gasteiger partial charge on any atom is -0.411 e. The summed E-state index contributed by atoms with van der Waals surface area (Å²) in [6.07, 6.45) is 7.65. The highest BCUT2D eigenvalue weighted by Gasteiger charge is 2.33. The van der Waals surface area contributed by atoms with Crippen molar-refractivity contribution in [3.8, 4) is 0 Å². The third-order valence-electron chi connectivity index (χ3n) is 3.20. The average molecular weight is 153 g/mol. The zero-order chi connectivity index (χ0) is 7.68. The SMILES string of the molecule is ON=C1CC2CCCCC2C1. The Labute approximate surface area is 67.3 Å². The van der Waals surface area contributed by atoms with Gasteiger partial charge in [0.25, 0.3) is 0 Å². The van der Waals surface area contributed by atoms with Crippen LogP contribution in [0.4, 0.5) is 0 Å². The van der Waals surface area contributed by atoms with E-state index in [2.05, 4.69) is 5.16 Å². The first-order valence-corrected chi connectivity index (χ1v) is 4.60. The van der Waals surface area contributed by atoms with E-state index in [1.807, 2.05) is 0 Å². The van der Waals surface area contributed by atoms with Crippen molar-refractivity contribution >= 4 is 5.71 Å². The van der Waals surface area contributed by atoms with Gasteiger partial charge in [0.1, 0.15) is 0 Å². The van der Waals surface area contributed by atoms with E-state index in [1.165, 1.54) is 25.7 Å². The monoisotopic (exact) mass is 153 g/mol. The lowest BCUT2D eigenvalue weighted by Crippen LogP contribution is -2.12. The molecule has 2 nitrogen and oxygen atoms in total. The minimum atomic E-state index is 0.856. The minimum absolute atomic E-state index is 0.856. The topological polar surface area (TPSA) is 32.6 Å². The lowest BCUT2D eigenvalue weighted by atomic mass is 9.82. The van der Waals surface area contributed by atoms with E-state index in [0.29, 0.717) is 0 Å². The fourth-order valence-corrected chi connectivity index (χ4v) is 2.59. The maximum atomic E-state index is 8.60. The van der Waals surface area contributed by atoms with Crippen molar-refractivity contribution in [2.24, 2.45) is 17.0 Å². The van der Waals surface area contributed by atoms with Crippen molar-refractivity contribution in [2.45, 2.75) is 38.5 Å². The normalized spacial score (nSPS) is 36.9. The second-order valence-corrected chi connectivity index (χ2v) is 3.88. The molecule has 2 atom stereocenters. The fraction of sp³-hybridized carbons (Fsp3) is 0.889. The molecule has 0 radical (unpaired) electrons. The van der Waals surface area contributed by atoms with Gasteiger partial charge in [-0.3, -0.25) is 0 Å². The van der Waals surface area contributed by atoms with Crippen molar-refractivity contribution in [1.82, 2.24) is 0 Å². The number of hydrogen-bond donors (Lipinski definition) is 1. The smallest absolute Gasteiger partial charge is 0.0576 e. The Hall–Kier alpha value is -0.530. The van der Waals surface area contributed by atoms with Crippen LogP contribution in [0.2, 0.25) is 0 Å². The van der Waals surface area contributed by atoms with E-state index in [1.54, 1.807) is 0 Å². The molecular weight excluding hydrogens is 138 g/mol. The average Bonchev–Trinajstić information content (AvgIpc) is 2.46. The van der Waals surface area contributed by atoms with Crippen LogP contribution in [0, 0.1) is 11.8 Å². The van der Waals surface area contributed by atoms with Gasteiger partial charge in [-0.15, -0.1) is 0 Å². The van der Waals surface area contributed by atoms with Crippen molar-refractivity contribution in [3.05, 3.63) is 0 Å². The van der Waals surface area contributed by atoms with Gasteiger partial charge in [-0.05, 0) is 37.5 Å². The zero-order valence-electron chi connectivity index (χ0n) is 6.79. The Balaban J connectivity index is 2.03. The standard InChI is InChI=1S/C9H15NO/c11-10-9-5-7-3-1-2-4-8(7)6-9/h7-8,11H,1-6H2. The van der Waals surface area contributed by atoms with Gasteiger partial charge in [0, 0.05) is 0 Å². The van der Waals surface area contributed by atoms with Gasteiger partial charge in [0.05, 0.1) is 5.71 Å². The second kappa shape index (κ2) is 2.84. The number of hydrogen-bond acceptors (Lipinski definition) is 2. The Morgan fingerprint density at radius 3 is 2.09 bits per heavy atom. The molecule has 0 aromatic heterocycles. The number of oxime groups is 1. The summed E-state index contributed by atoms with van der Waals surface area (Å²) in [5.41, 5.74) is 1.04. The van der Waals surface area contributed by atoms with Crippen molar-refractivity contribution in [1.29, 1.82) is 0 Å².